The maximum Gasteiger partial charge on any atom is 0.306 e. The maximum atomic E-state index is 12.8. The quantitative estimate of drug-likeness (QED) is 0.0261. The Morgan fingerprint density at radius 2 is 0.557 bits per heavy atom. The average Bonchev–Trinajstić information content (AvgIpc) is 3.36. The highest BCUT2D eigenvalue weighted by Crippen LogP contribution is 2.15. The Balaban J connectivity index is 4.28. The van der Waals surface area contributed by atoms with Gasteiger partial charge in [-0.1, -0.05) is 254 Å². The molecule has 0 fully saturated rings. The maximum absolute atomic E-state index is 12.8. The van der Waals surface area contributed by atoms with Crippen molar-refractivity contribution in [2.75, 3.05) is 13.2 Å². The molecular weight excluding hydrogens is 865 g/mol. The monoisotopic (exact) mass is 975 g/mol. The van der Waals surface area contributed by atoms with Gasteiger partial charge in [-0.15, -0.1) is 0 Å². The van der Waals surface area contributed by atoms with Crippen molar-refractivity contribution in [1.29, 1.82) is 0 Å². The third kappa shape index (κ3) is 55.5. The molecule has 6 heteroatoms. The first-order chi connectivity index (χ1) is 34.5. The number of carbonyl (C=O) groups excluding carboxylic acids is 3. The predicted molar refractivity (Wildman–Crippen MR) is 302 cm³/mol. The summed E-state index contributed by atoms with van der Waals surface area (Å²) in [6.07, 6.45) is 75.9. The van der Waals surface area contributed by atoms with Crippen molar-refractivity contribution in [2.45, 2.75) is 290 Å². The Morgan fingerprint density at radius 3 is 0.886 bits per heavy atom. The van der Waals surface area contributed by atoms with Crippen molar-refractivity contribution in [3.8, 4) is 0 Å². The molecule has 0 heterocycles. The van der Waals surface area contributed by atoms with Crippen LogP contribution in [-0.2, 0) is 28.6 Å². The van der Waals surface area contributed by atoms with E-state index < -0.39 is 6.10 Å². The van der Waals surface area contributed by atoms with E-state index in [0.29, 0.717) is 19.3 Å². The van der Waals surface area contributed by atoms with Crippen LogP contribution >= 0.6 is 0 Å². The molecule has 1 unspecified atom stereocenters. The van der Waals surface area contributed by atoms with Crippen LogP contribution in [0.4, 0.5) is 0 Å². The number of hydrogen-bond acceptors (Lipinski definition) is 6. The number of ether oxygens (including phenoxy) is 3. The van der Waals surface area contributed by atoms with Crippen LogP contribution in [0.1, 0.15) is 284 Å². The second-order valence-electron chi connectivity index (χ2n) is 19.5. The van der Waals surface area contributed by atoms with Gasteiger partial charge in [-0.25, -0.2) is 0 Å². The van der Waals surface area contributed by atoms with Crippen molar-refractivity contribution in [3.63, 3.8) is 0 Å². The van der Waals surface area contributed by atoms with Gasteiger partial charge in [0, 0.05) is 19.3 Å². The van der Waals surface area contributed by atoms with Crippen LogP contribution in [0.15, 0.2) is 85.1 Å². The second-order valence-corrected chi connectivity index (χ2v) is 19.5. The molecule has 402 valence electrons. The van der Waals surface area contributed by atoms with E-state index in [1.807, 2.05) is 0 Å². The summed E-state index contributed by atoms with van der Waals surface area (Å²) in [7, 11) is 0. The Morgan fingerprint density at radius 1 is 0.300 bits per heavy atom. The largest absolute Gasteiger partial charge is 0.462 e. The molecule has 0 rings (SSSR count). The molecule has 0 aliphatic carbocycles. The fraction of sp³-hybridized carbons (Fsp3) is 0.734. The highest BCUT2D eigenvalue weighted by Gasteiger charge is 2.19. The van der Waals surface area contributed by atoms with E-state index in [1.54, 1.807) is 0 Å². The number of carbonyl (C=O) groups is 3. The molecule has 0 aliphatic rings. The van der Waals surface area contributed by atoms with Gasteiger partial charge in [0.15, 0.2) is 6.10 Å². The zero-order valence-corrected chi connectivity index (χ0v) is 46.0. The molecule has 0 amide bonds. The summed E-state index contributed by atoms with van der Waals surface area (Å²) < 4.78 is 16.8. The Hall–Kier alpha value is -3.41. The number of rotatable bonds is 53. The molecule has 0 saturated carbocycles. The van der Waals surface area contributed by atoms with Crippen LogP contribution in [0.25, 0.3) is 0 Å². The van der Waals surface area contributed by atoms with Gasteiger partial charge in [-0.2, -0.15) is 0 Å². The topological polar surface area (TPSA) is 78.9 Å². The van der Waals surface area contributed by atoms with Gasteiger partial charge < -0.3 is 14.2 Å². The van der Waals surface area contributed by atoms with Crippen molar-refractivity contribution >= 4 is 17.9 Å². The Kier molecular flexibility index (Phi) is 55.3. The minimum atomic E-state index is -0.786. The summed E-state index contributed by atoms with van der Waals surface area (Å²) >= 11 is 0. The lowest BCUT2D eigenvalue weighted by Gasteiger charge is -2.18. The lowest BCUT2D eigenvalue weighted by Crippen LogP contribution is -2.30. The Bertz CT molecular complexity index is 1350. The summed E-state index contributed by atoms with van der Waals surface area (Å²) in [5, 5.41) is 0. The third-order valence-corrected chi connectivity index (χ3v) is 12.6. The second kappa shape index (κ2) is 58.2. The van der Waals surface area contributed by atoms with Gasteiger partial charge in [0.2, 0.25) is 0 Å². The van der Waals surface area contributed by atoms with Gasteiger partial charge in [0.05, 0.1) is 0 Å². The van der Waals surface area contributed by atoms with Gasteiger partial charge in [0.1, 0.15) is 13.2 Å². The Labute approximate surface area is 433 Å². The van der Waals surface area contributed by atoms with E-state index >= 15 is 0 Å². The van der Waals surface area contributed by atoms with E-state index in [1.165, 1.54) is 135 Å². The number of esters is 3. The molecule has 0 aromatic carbocycles. The van der Waals surface area contributed by atoms with Crippen molar-refractivity contribution < 1.29 is 28.6 Å². The van der Waals surface area contributed by atoms with Crippen LogP contribution in [-0.4, -0.2) is 37.2 Å². The third-order valence-electron chi connectivity index (χ3n) is 12.6. The average molecular weight is 976 g/mol. The fourth-order valence-corrected chi connectivity index (χ4v) is 8.21. The number of hydrogen-bond donors (Lipinski definition) is 0. The van der Waals surface area contributed by atoms with Crippen molar-refractivity contribution in [1.82, 2.24) is 0 Å². The molecule has 0 saturated heterocycles. The molecule has 70 heavy (non-hydrogen) atoms. The van der Waals surface area contributed by atoms with Crippen LogP contribution in [0.5, 0.6) is 0 Å². The highest BCUT2D eigenvalue weighted by atomic mass is 16.6. The zero-order valence-electron chi connectivity index (χ0n) is 46.0. The van der Waals surface area contributed by atoms with Gasteiger partial charge in [-0.3, -0.25) is 14.4 Å². The summed E-state index contributed by atoms with van der Waals surface area (Å²) in [6.45, 7) is 6.49. The SMILES string of the molecule is CC/C=C\C/C=C\C/C=C\C/C=C\C/C=C\C/C=C\CCCCCCC(=O)OCC(COC(=O)CCCCCCCCCC)OC(=O)CCCCCCCCCCC/C=C\CCCCCCCCCC. The van der Waals surface area contributed by atoms with E-state index in [0.717, 1.165) is 109 Å². The first-order valence-corrected chi connectivity index (χ1v) is 29.6. The van der Waals surface area contributed by atoms with Crippen LogP contribution in [0.2, 0.25) is 0 Å². The molecule has 0 aromatic rings. The summed E-state index contributed by atoms with van der Waals surface area (Å²) in [5.74, 6) is -0.910. The smallest absolute Gasteiger partial charge is 0.306 e. The highest BCUT2D eigenvalue weighted by molar-refractivity contribution is 5.71. The molecule has 6 nitrogen and oxygen atoms in total. The number of unbranched alkanes of at least 4 members (excludes halogenated alkanes) is 28. The fourth-order valence-electron chi connectivity index (χ4n) is 8.21. The van der Waals surface area contributed by atoms with Gasteiger partial charge in [0.25, 0.3) is 0 Å². The first kappa shape index (κ1) is 66.6. The van der Waals surface area contributed by atoms with Gasteiger partial charge >= 0.3 is 17.9 Å². The van der Waals surface area contributed by atoms with E-state index in [-0.39, 0.29) is 31.1 Å². The zero-order chi connectivity index (χ0) is 50.7. The number of allylic oxidation sites excluding steroid dienone is 14. The lowest BCUT2D eigenvalue weighted by atomic mass is 10.1. The predicted octanol–water partition coefficient (Wildman–Crippen LogP) is 19.9. The molecule has 0 radical (unpaired) electrons. The van der Waals surface area contributed by atoms with Crippen molar-refractivity contribution in [2.24, 2.45) is 0 Å². The minimum Gasteiger partial charge on any atom is -0.462 e. The molecule has 0 aliphatic heterocycles. The standard InChI is InChI=1S/C64H110O6/c1-4-7-10-13-16-19-21-23-25-27-29-31-32-34-35-37-39-41-43-45-48-51-54-57-63(66)69-60-61(59-68-62(65)56-53-50-47-18-15-12-9-6-3)70-64(67)58-55-52-49-46-44-42-40-38-36-33-30-28-26-24-22-20-17-14-11-8-5-2/h7,10,16,19,23,25,28-31,34-35,39,41,61H,4-6,8-9,11-15,17-18,20-22,24,26-27,32-33,36-38,40,42-60H2,1-3H3/b10-7-,19-16-,25-23-,30-28-,31-29-,35-34-,41-39-. The minimum absolute atomic E-state index is 0.0843. The summed E-state index contributed by atoms with van der Waals surface area (Å²) in [6, 6.07) is 0. The van der Waals surface area contributed by atoms with E-state index in [2.05, 4.69) is 106 Å². The van der Waals surface area contributed by atoms with E-state index in [4.69, 9.17) is 14.2 Å². The molecule has 0 spiro atoms. The summed E-state index contributed by atoms with van der Waals surface area (Å²) in [5.41, 5.74) is 0. The first-order valence-electron chi connectivity index (χ1n) is 29.6. The molecule has 0 bridgehead atoms. The van der Waals surface area contributed by atoms with Crippen LogP contribution < -0.4 is 0 Å². The van der Waals surface area contributed by atoms with Crippen molar-refractivity contribution in [3.05, 3.63) is 85.1 Å². The lowest BCUT2D eigenvalue weighted by molar-refractivity contribution is -0.167. The van der Waals surface area contributed by atoms with Crippen LogP contribution in [0, 0.1) is 0 Å². The summed E-state index contributed by atoms with van der Waals surface area (Å²) in [4.78, 5) is 38.0. The molecule has 0 aromatic heterocycles. The van der Waals surface area contributed by atoms with Crippen LogP contribution in [0.3, 0.4) is 0 Å². The molecular formula is C64H110O6. The van der Waals surface area contributed by atoms with E-state index in [9.17, 15) is 14.4 Å². The normalized spacial score (nSPS) is 12.7. The molecule has 1 atom stereocenters. The molecule has 0 N–H and O–H groups in total. The van der Waals surface area contributed by atoms with Gasteiger partial charge in [-0.05, 0) is 96.3 Å².